The Morgan fingerprint density at radius 3 is 2.58 bits per heavy atom. The molecule has 2 amide bonds. The van der Waals surface area contributed by atoms with E-state index >= 15 is 0 Å². The van der Waals surface area contributed by atoms with Crippen molar-refractivity contribution >= 4 is 24.2 Å². The van der Waals surface area contributed by atoms with Gasteiger partial charge in [0.2, 0.25) is 11.8 Å². The van der Waals surface area contributed by atoms with Crippen LogP contribution in [0.3, 0.4) is 0 Å². The summed E-state index contributed by atoms with van der Waals surface area (Å²) in [7, 11) is 0. The van der Waals surface area contributed by atoms with E-state index in [-0.39, 0.29) is 30.3 Å². The van der Waals surface area contributed by atoms with Gasteiger partial charge in [-0.05, 0) is 32.1 Å². The number of likely N-dealkylation sites (N-methyl/N-ethyl adjacent to an activating group) is 1. The summed E-state index contributed by atoms with van der Waals surface area (Å²) in [5.74, 6) is 0.243. The van der Waals surface area contributed by atoms with E-state index in [1.165, 1.54) is 0 Å². The van der Waals surface area contributed by atoms with E-state index in [4.69, 9.17) is 5.73 Å². The van der Waals surface area contributed by atoms with Crippen LogP contribution in [0.2, 0.25) is 0 Å². The maximum absolute atomic E-state index is 12.2. The summed E-state index contributed by atoms with van der Waals surface area (Å²) in [6.45, 7) is 7.20. The molecule has 0 spiro atoms. The molecule has 2 atom stereocenters. The zero-order chi connectivity index (χ0) is 13.7. The van der Waals surface area contributed by atoms with Crippen molar-refractivity contribution in [1.29, 1.82) is 0 Å². The fourth-order valence-corrected chi connectivity index (χ4v) is 2.42. The number of amides is 2. The van der Waals surface area contributed by atoms with Crippen molar-refractivity contribution in [3.05, 3.63) is 0 Å². The summed E-state index contributed by atoms with van der Waals surface area (Å²) in [6.07, 6.45) is 2.28. The molecule has 0 unspecified atom stereocenters. The zero-order valence-electron chi connectivity index (χ0n) is 12.0. The first-order valence-corrected chi connectivity index (χ1v) is 6.81. The fourth-order valence-electron chi connectivity index (χ4n) is 2.42. The highest BCUT2D eigenvalue weighted by atomic mass is 35.5. The number of halogens is 1. The molecular formula is C13H26ClN3O2. The fraction of sp³-hybridized carbons (Fsp3) is 0.846. The van der Waals surface area contributed by atoms with Gasteiger partial charge >= 0.3 is 0 Å². The minimum absolute atomic E-state index is 0. The van der Waals surface area contributed by atoms with Gasteiger partial charge in [-0.15, -0.1) is 12.4 Å². The highest BCUT2D eigenvalue weighted by Gasteiger charge is 2.35. The van der Waals surface area contributed by atoms with Crippen LogP contribution >= 0.6 is 12.4 Å². The maximum atomic E-state index is 12.2. The van der Waals surface area contributed by atoms with Crippen LogP contribution in [-0.4, -0.2) is 41.9 Å². The van der Waals surface area contributed by atoms with E-state index in [0.717, 1.165) is 12.8 Å². The molecule has 0 aromatic rings. The third kappa shape index (κ3) is 4.99. The second kappa shape index (κ2) is 8.38. The minimum atomic E-state index is -0.486. The third-order valence-corrected chi connectivity index (χ3v) is 3.23. The monoisotopic (exact) mass is 291 g/mol. The summed E-state index contributed by atoms with van der Waals surface area (Å²) < 4.78 is 0. The Hall–Kier alpha value is -0.810. The molecule has 0 aromatic carbocycles. The van der Waals surface area contributed by atoms with Crippen LogP contribution in [0.15, 0.2) is 0 Å². The van der Waals surface area contributed by atoms with Crippen molar-refractivity contribution in [2.24, 2.45) is 11.7 Å². The molecule has 1 aliphatic heterocycles. The van der Waals surface area contributed by atoms with Gasteiger partial charge in [0, 0.05) is 13.1 Å². The van der Waals surface area contributed by atoms with E-state index < -0.39 is 6.04 Å². The lowest BCUT2D eigenvalue weighted by Gasteiger charge is -2.27. The van der Waals surface area contributed by atoms with Crippen LogP contribution in [0.5, 0.6) is 0 Å². The van der Waals surface area contributed by atoms with Crippen molar-refractivity contribution in [3.8, 4) is 0 Å². The van der Waals surface area contributed by atoms with E-state index in [1.54, 1.807) is 4.90 Å². The zero-order valence-corrected chi connectivity index (χ0v) is 12.8. The van der Waals surface area contributed by atoms with Crippen molar-refractivity contribution in [2.75, 3.05) is 13.1 Å². The third-order valence-electron chi connectivity index (χ3n) is 3.23. The number of rotatable bonds is 5. The predicted octanol–water partition coefficient (Wildman–Crippen LogP) is 0.909. The Kier molecular flexibility index (Phi) is 8.02. The van der Waals surface area contributed by atoms with Gasteiger partial charge in [-0.1, -0.05) is 13.8 Å². The highest BCUT2D eigenvalue weighted by molar-refractivity contribution is 5.90. The molecule has 0 radical (unpaired) electrons. The van der Waals surface area contributed by atoms with Gasteiger partial charge in [-0.2, -0.15) is 0 Å². The van der Waals surface area contributed by atoms with Crippen LogP contribution in [0, 0.1) is 5.92 Å². The normalized spacial score (nSPS) is 20.1. The van der Waals surface area contributed by atoms with Gasteiger partial charge in [0.05, 0.1) is 6.04 Å². The first-order valence-electron chi connectivity index (χ1n) is 6.81. The molecule has 19 heavy (non-hydrogen) atoms. The maximum Gasteiger partial charge on any atom is 0.242 e. The lowest BCUT2D eigenvalue weighted by molar-refractivity contribution is -0.139. The molecule has 1 heterocycles. The van der Waals surface area contributed by atoms with E-state index in [1.807, 2.05) is 20.8 Å². The van der Waals surface area contributed by atoms with Crippen LogP contribution in [-0.2, 0) is 9.59 Å². The second-order valence-corrected chi connectivity index (χ2v) is 5.32. The van der Waals surface area contributed by atoms with Crippen LogP contribution in [0.25, 0.3) is 0 Å². The summed E-state index contributed by atoms with van der Waals surface area (Å²) in [5.41, 5.74) is 5.91. The first-order chi connectivity index (χ1) is 8.47. The van der Waals surface area contributed by atoms with Gasteiger partial charge < -0.3 is 16.0 Å². The molecule has 1 rings (SSSR count). The molecule has 0 aromatic heterocycles. The van der Waals surface area contributed by atoms with Crippen LogP contribution in [0.4, 0.5) is 0 Å². The Balaban J connectivity index is 0.00000324. The average molecular weight is 292 g/mol. The number of nitrogens with two attached hydrogens (primary N) is 1. The SMILES string of the molecule is CCNC(=O)[C@@H]1CCCN1C(=O)[C@@H](N)CC(C)C.Cl. The van der Waals surface area contributed by atoms with Gasteiger partial charge in [-0.3, -0.25) is 9.59 Å². The predicted molar refractivity (Wildman–Crippen MR) is 78.1 cm³/mol. The Bertz CT molecular complexity index is 310. The van der Waals surface area contributed by atoms with Crippen molar-refractivity contribution in [1.82, 2.24) is 10.2 Å². The number of hydrogen-bond donors (Lipinski definition) is 2. The average Bonchev–Trinajstić information content (AvgIpc) is 2.76. The lowest BCUT2D eigenvalue weighted by atomic mass is 10.0. The van der Waals surface area contributed by atoms with Gasteiger partial charge in [0.25, 0.3) is 0 Å². The summed E-state index contributed by atoms with van der Waals surface area (Å²) in [6, 6.07) is -0.810. The number of carbonyl (C=O) groups is 2. The standard InChI is InChI=1S/C13H25N3O2.ClH/c1-4-15-12(17)11-6-5-7-16(11)13(18)10(14)8-9(2)3;/h9-11H,4-8,14H2,1-3H3,(H,15,17);1H/t10-,11-;/m0./s1. The molecule has 0 aliphatic carbocycles. The number of carbonyl (C=O) groups excluding carboxylic acids is 2. The molecule has 0 saturated carbocycles. The first kappa shape index (κ1) is 18.2. The van der Waals surface area contributed by atoms with E-state index in [2.05, 4.69) is 5.32 Å². The van der Waals surface area contributed by atoms with Gasteiger partial charge in [0.1, 0.15) is 6.04 Å². The number of hydrogen-bond acceptors (Lipinski definition) is 3. The second-order valence-electron chi connectivity index (χ2n) is 5.32. The Morgan fingerprint density at radius 1 is 1.42 bits per heavy atom. The van der Waals surface area contributed by atoms with E-state index in [9.17, 15) is 9.59 Å². The molecular weight excluding hydrogens is 266 g/mol. The smallest absolute Gasteiger partial charge is 0.242 e. The Morgan fingerprint density at radius 2 is 2.05 bits per heavy atom. The molecule has 6 heteroatoms. The lowest BCUT2D eigenvalue weighted by Crippen LogP contribution is -2.51. The topological polar surface area (TPSA) is 75.4 Å². The minimum Gasteiger partial charge on any atom is -0.355 e. The molecule has 1 saturated heterocycles. The highest BCUT2D eigenvalue weighted by Crippen LogP contribution is 2.19. The molecule has 0 bridgehead atoms. The van der Waals surface area contributed by atoms with Crippen LogP contribution in [0.1, 0.15) is 40.0 Å². The number of nitrogens with one attached hydrogen (secondary N) is 1. The molecule has 1 fully saturated rings. The van der Waals surface area contributed by atoms with Gasteiger partial charge in [0.15, 0.2) is 0 Å². The summed E-state index contributed by atoms with van der Waals surface area (Å²) in [5, 5.41) is 2.78. The van der Waals surface area contributed by atoms with Crippen molar-refractivity contribution in [3.63, 3.8) is 0 Å². The largest absolute Gasteiger partial charge is 0.355 e. The molecule has 1 aliphatic rings. The summed E-state index contributed by atoms with van der Waals surface area (Å²) in [4.78, 5) is 25.7. The Labute approximate surface area is 121 Å². The molecule has 5 nitrogen and oxygen atoms in total. The van der Waals surface area contributed by atoms with Gasteiger partial charge in [-0.25, -0.2) is 0 Å². The number of likely N-dealkylation sites (tertiary alicyclic amines) is 1. The molecule has 3 N–H and O–H groups in total. The van der Waals surface area contributed by atoms with Crippen molar-refractivity contribution < 1.29 is 9.59 Å². The van der Waals surface area contributed by atoms with Crippen LogP contribution < -0.4 is 11.1 Å². The van der Waals surface area contributed by atoms with E-state index in [0.29, 0.717) is 25.4 Å². The molecule has 112 valence electrons. The number of nitrogens with zero attached hydrogens (tertiary/aromatic N) is 1. The quantitative estimate of drug-likeness (QED) is 0.790. The summed E-state index contributed by atoms with van der Waals surface area (Å²) >= 11 is 0. The van der Waals surface area contributed by atoms with Crippen molar-refractivity contribution in [2.45, 2.75) is 52.1 Å².